The van der Waals surface area contributed by atoms with Crippen LogP contribution in [0.25, 0.3) is 0 Å². The Bertz CT molecular complexity index is 588. The number of nitrogens with one attached hydrogen (secondary N) is 1. The molecule has 0 atom stereocenters. The van der Waals surface area contributed by atoms with Crippen LogP contribution in [-0.2, 0) is 4.79 Å². The van der Waals surface area contributed by atoms with Crippen molar-refractivity contribution in [2.75, 3.05) is 5.32 Å². The number of aryl methyl sites for hydroxylation is 2. The monoisotopic (exact) mass is 259 g/mol. The van der Waals surface area contributed by atoms with Crippen molar-refractivity contribution in [3.8, 4) is 0 Å². The number of anilines is 1. The lowest BCUT2D eigenvalue weighted by Gasteiger charge is -2.06. The number of hydrogen-bond donors (Lipinski definition) is 1. The average Bonchev–Trinajstić information content (AvgIpc) is 2.86. The van der Waals surface area contributed by atoms with E-state index in [2.05, 4.69) is 5.32 Å². The summed E-state index contributed by atoms with van der Waals surface area (Å²) in [6.45, 7) is 3.96. The van der Waals surface area contributed by atoms with E-state index in [1.54, 1.807) is 23.6 Å². The maximum Gasteiger partial charge on any atom is 0.297 e. The van der Waals surface area contributed by atoms with Crippen LogP contribution in [0.3, 0.4) is 0 Å². The Labute approximate surface area is 109 Å². The third kappa shape index (κ3) is 2.65. The lowest BCUT2D eigenvalue weighted by Crippen LogP contribution is -2.22. The summed E-state index contributed by atoms with van der Waals surface area (Å²) in [5.41, 5.74) is 2.88. The van der Waals surface area contributed by atoms with Gasteiger partial charge in [-0.3, -0.25) is 9.59 Å². The molecule has 4 heteroatoms. The molecule has 2 rings (SSSR count). The number of rotatable bonds is 3. The molecule has 0 fully saturated rings. The Hall–Kier alpha value is -1.94. The molecular weight excluding hydrogens is 246 g/mol. The van der Waals surface area contributed by atoms with Crippen LogP contribution >= 0.6 is 11.3 Å². The molecule has 0 saturated carbocycles. The first-order valence-electron chi connectivity index (χ1n) is 5.54. The highest BCUT2D eigenvalue weighted by molar-refractivity contribution is 7.13. The molecule has 18 heavy (non-hydrogen) atoms. The number of benzene rings is 1. The lowest BCUT2D eigenvalue weighted by molar-refractivity contribution is -0.112. The van der Waals surface area contributed by atoms with E-state index in [0.717, 1.165) is 11.1 Å². The van der Waals surface area contributed by atoms with E-state index in [9.17, 15) is 9.59 Å². The summed E-state index contributed by atoms with van der Waals surface area (Å²) in [5.74, 6) is -1.09. The second-order valence-corrected chi connectivity index (χ2v) is 5.01. The minimum atomic E-state index is -0.597. The van der Waals surface area contributed by atoms with Crippen LogP contribution in [0.4, 0.5) is 5.69 Å². The third-order valence-electron chi connectivity index (χ3n) is 2.72. The van der Waals surface area contributed by atoms with Crippen molar-refractivity contribution >= 4 is 28.7 Å². The van der Waals surface area contributed by atoms with E-state index < -0.39 is 11.7 Å². The SMILES string of the molecule is Cc1ccc(NC(=O)C(=O)c2cccs2)cc1C. The second-order valence-electron chi connectivity index (χ2n) is 4.06. The van der Waals surface area contributed by atoms with Crippen molar-refractivity contribution in [3.05, 3.63) is 51.7 Å². The van der Waals surface area contributed by atoms with Crippen LogP contribution in [0, 0.1) is 13.8 Å². The summed E-state index contributed by atoms with van der Waals surface area (Å²) in [4.78, 5) is 24.0. The van der Waals surface area contributed by atoms with Gasteiger partial charge < -0.3 is 5.32 Å². The van der Waals surface area contributed by atoms with Gasteiger partial charge in [-0.1, -0.05) is 12.1 Å². The second kappa shape index (κ2) is 5.14. The molecule has 3 nitrogen and oxygen atoms in total. The Morgan fingerprint density at radius 2 is 1.89 bits per heavy atom. The molecule has 0 unspecified atom stereocenters. The highest BCUT2D eigenvalue weighted by Gasteiger charge is 2.17. The van der Waals surface area contributed by atoms with Crippen LogP contribution in [0.5, 0.6) is 0 Å². The van der Waals surface area contributed by atoms with Gasteiger partial charge in [0.25, 0.3) is 11.7 Å². The third-order valence-corrected chi connectivity index (χ3v) is 3.58. The first kappa shape index (κ1) is 12.5. The van der Waals surface area contributed by atoms with E-state index in [0.29, 0.717) is 10.6 Å². The first-order chi connectivity index (χ1) is 8.58. The largest absolute Gasteiger partial charge is 0.319 e. The zero-order chi connectivity index (χ0) is 13.1. The van der Waals surface area contributed by atoms with Gasteiger partial charge in [-0.05, 0) is 48.6 Å². The van der Waals surface area contributed by atoms with Crippen LogP contribution in [0.1, 0.15) is 20.8 Å². The lowest BCUT2D eigenvalue weighted by atomic mass is 10.1. The number of ketones is 1. The van der Waals surface area contributed by atoms with Gasteiger partial charge in [-0.2, -0.15) is 0 Å². The highest BCUT2D eigenvalue weighted by atomic mass is 32.1. The zero-order valence-corrected chi connectivity index (χ0v) is 11.0. The van der Waals surface area contributed by atoms with Gasteiger partial charge in [0.15, 0.2) is 0 Å². The van der Waals surface area contributed by atoms with Crippen molar-refractivity contribution in [1.82, 2.24) is 0 Å². The van der Waals surface area contributed by atoms with Crippen molar-refractivity contribution in [1.29, 1.82) is 0 Å². The van der Waals surface area contributed by atoms with Gasteiger partial charge in [0.05, 0.1) is 4.88 Å². The Morgan fingerprint density at radius 3 is 2.50 bits per heavy atom. The molecule has 1 aromatic heterocycles. The Balaban J connectivity index is 2.12. The fourth-order valence-corrected chi connectivity index (χ4v) is 2.19. The van der Waals surface area contributed by atoms with E-state index >= 15 is 0 Å². The summed E-state index contributed by atoms with van der Waals surface area (Å²) >= 11 is 1.27. The maximum atomic E-state index is 11.8. The zero-order valence-electron chi connectivity index (χ0n) is 10.2. The van der Waals surface area contributed by atoms with Crippen LogP contribution in [-0.4, -0.2) is 11.7 Å². The van der Waals surface area contributed by atoms with Gasteiger partial charge in [-0.15, -0.1) is 11.3 Å². The molecule has 92 valence electrons. The molecule has 0 saturated heterocycles. The molecule has 0 radical (unpaired) electrons. The van der Waals surface area contributed by atoms with Crippen LogP contribution < -0.4 is 5.32 Å². The van der Waals surface area contributed by atoms with Gasteiger partial charge in [-0.25, -0.2) is 0 Å². The number of Topliss-reactive ketones (excluding diaryl/α,β-unsaturated/α-hetero) is 1. The van der Waals surface area contributed by atoms with Gasteiger partial charge >= 0.3 is 0 Å². The topological polar surface area (TPSA) is 46.2 Å². The number of carbonyl (C=O) groups excluding carboxylic acids is 2. The smallest absolute Gasteiger partial charge is 0.297 e. The van der Waals surface area contributed by atoms with Crippen LogP contribution in [0.15, 0.2) is 35.7 Å². The Kier molecular flexibility index (Phi) is 3.58. The van der Waals surface area contributed by atoms with Crippen LogP contribution in [0.2, 0.25) is 0 Å². The molecule has 0 aliphatic carbocycles. The number of hydrogen-bond acceptors (Lipinski definition) is 3. The van der Waals surface area contributed by atoms with E-state index in [4.69, 9.17) is 0 Å². The average molecular weight is 259 g/mol. The molecule has 2 aromatic rings. The first-order valence-corrected chi connectivity index (χ1v) is 6.42. The van der Waals surface area contributed by atoms with Gasteiger partial charge in [0.2, 0.25) is 0 Å². The van der Waals surface area contributed by atoms with E-state index in [1.807, 2.05) is 26.0 Å². The quantitative estimate of drug-likeness (QED) is 0.679. The normalized spacial score (nSPS) is 10.1. The number of carbonyl (C=O) groups is 2. The summed E-state index contributed by atoms with van der Waals surface area (Å²) in [6.07, 6.45) is 0. The standard InChI is InChI=1S/C14H13NO2S/c1-9-5-6-11(8-10(9)2)15-14(17)13(16)12-4-3-7-18-12/h3-8H,1-2H3,(H,15,17). The summed E-state index contributed by atoms with van der Waals surface area (Å²) in [7, 11) is 0. The Morgan fingerprint density at radius 1 is 1.11 bits per heavy atom. The van der Waals surface area contributed by atoms with E-state index in [-0.39, 0.29) is 0 Å². The number of amides is 1. The summed E-state index contributed by atoms with van der Waals surface area (Å²) in [6, 6.07) is 8.96. The molecule has 1 heterocycles. The maximum absolute atomic E-state index is 11.8. The predicted octanol–water partition coefficient (Wildman–Crippen LogP) is 3.19. The molecule has 0 aliphatic heterocycles. The molecule has 1 aromatic carbocycles. The summed E-state index contributed by atoms with van der Waals surface area (Å²) < 4.78 is 0. The fraction of sp³-hybridized carbons (Fsp3) is 0.143. The highest BCUT2D eigenvalue weighted by Crippen LogP contribution is 2.15. The van der Waals surface area contributed by atoms with Gasteiger partial charge in [0.1, 0.15) is 0 Å². The minimum absolute atomic E-state index is 0.455. The van der Waals surface area contributed by atoms with Crippen molar-refractivity contribution < 1.29 is 9.59 Å². The molecule has 0 spiro atoms. The fourth-order valence-electron chi connectivity index (χ4n) is 1.53. The summed E-state index contributed by atoms with van der Waals surface area (Å²) in [5, 5.41) is 4.39. The number of thiophene rings is 1. The molecule has 0 aliphatic rings. The molecular formula is C14H13NO2S. The molecule has 1 amide bonds. The van der Waals surface area contributed by atoms with Crippen molar-refractivity contribution in [2.24, 2.45) is 0 Å². The van der Waals surface area contributed by atoms with Crippen molar-refractivity contribution in [2.45, 2.75) is 13.8 Å². The van der Waals surface area contributed by atoms with Gasteiger partial charge in [0, 0.05) is 5.69 Å². The molecule has 1 N–H and O–H groups in total. The molecule has 0 bridgehead atoms. The minimum Gasteiger partial charge on any atom is -0.319 e. The predicted molar refractivity (Wildman–Crippen MR) is 73.2 cm³/mol. The van der Waals surface area contributed by atoms with Crippen molar-refractivity contribution in [3.63, 3.8) is 0 Å². The van der Waals surface area contributed by atoms with E-state index in [1.165, 1.54) is 11.3 Å².